The van der Waals surface area contributed by atoms with Gasteiger partial charge >= 0.3 is 0 Å². The Kier molecular flexibility index (Phi) is 16.8. The first-order chi connectivity index (χ1) is 28.5. The maximum Gasteiger partial charge on any atom is 0.251 e. The fourth-order valence-corrected chi connectivity index (χ4v) is 7.50. The molecule has 14 heteroatoms. The Labute approximate surface area is 355 Å². The molecule has 2 heterocycles. The molecule has 2 aliphatic heterocycles. The van der Waals surface area contributed by atoms with Crippen LogP contribution in [0.2, 0.25) is 0 Å². The van der Waals surface area contributed by atoms with Crippen molar-refractivity contribution in [2.75, 3.05) is 20.1 Å². The number of likely N-dealkylation sites (tertiary alicyclic amines) is 2. The van der Waals surface area contributed by atoms with Gasteiger partial charge in [0.05, 0.1) is 18.1 Å². The Morgan fingerprint density at radius 2 is 1.30 bits per heavy atom. The number of hydrogen-bond acceptors (Lipinski definition) is 8. The number of hydrogen-bond donors (Lipinski definition) is 6. The molecule has 4 rings (SSSR count). The SMILES string of the molecule is C=CC(=C)[C@@H](C)NC(=O)[C@@H]1C[C@H](NC(=O)c2cccc(C(=O)N[C@H]3C[C@@H](C(=O)N[C@H](C)c4ccccc4)N(C(=O)[C@@H](NC(=O)[C@H](C)NC)[C@H](C)CC)C3)c2)CN1C(=C)CC. The van der Waals surface area contributed by atoms with Gasteiger partial charge in [-0.3, -0.25) is 28.8 Å². The molecule has 0 bridgehead atoms. The van der Waals surface area contributed by atoms with Crippen molar-refractivity contribution in [2.45, 2.75) is 116 Å². The summed E-state index contributed by atoms with van der Waals surface area (Å²) < 4.78 is 0. The monoisotopic (exact) mass is 824 g/mol. The van der Waals surface area contributed by atoms with Crippen LogP contribution in [-0.4, -0.2) is 108 Å². The highest BCUT2D eigenvalue weighted by Gasteiger charge is 2.44. The maximum atomic E-state index is 14.4. The minimum Gasteiger partial charge on any atom is -0.361 e. The molecule has 0 spiro atoms. The fraction of sp³-hybridized carbons (Fsp3) is 0.478. The van der Waals surface area contributed by atoms with Gasteiger partial charge in [0.25, 0.3) is 11.8 Å². The van der Waals surface area contributed by atoms with Crippen LogP contribution in [0, 0.1) is 5.92 Å². The number of likely N-dealkylation sites (N-methyl/N-ethyl adjacent to an activating group) is 1. The normalized spacial score (nSPS) is 21.1. The molecule has 60 heavy (non-hydrogen) atoms. The van der Waals surface area contributed by atoms with E-state index in [1.807, 2.05) is 69.9 Å². The zero-order valence-corrected chi connectivity index (χ0v) is 36.2. The van der Waals surface area contributed by atoms with Crippen molar-refractivity contribution in [1.82, 2.24) is 41.7 Å². The molecule has 14 nitrogen and oxygen atoms in total. The molecular weight excluding hydrogens is 761 g/mol. The Balaban J connectivity index is 1.50. The number of amides is 6. The molecule has 2 aliphatic rings. The highest BCUT2D eigenvalue weighted by Crippen LogP contribution is 2.26. The van der Waals surface area contributed by atoms with Crippen LogP contribution in [0.3, 0.4) is 0 Å². The number of nitrogens with one attached hydrogen (secondary N) is 6. The van der Waals surface area contributed by atoms with Gasteiger partial charge in [0, 0.05) is 42.0 Å². The molecule has 9 atom stereocenters. The third-order valence-corrected chi connectivity index (χ3v) is 11.8. The number of allylic oxidation sites excluding steroid dienone is 1. The van der Waals surface area contributed by atoms with E-state index in [4.69, 9.17) is 0 Å². The smallest absolute Gasteiger partial charge is 0.251 e. The zero-order chi connectivity index (χ0) is 44.3. The van der Waals surface area contributed by atoms with E-state index in [2.05, 4.69) is 51.6 Å². The Morgan fingerprint density at radius 1 is 0.750 bits per heavy atom. The van der Waals surface area contributed by atoms with E-state index < -0.39 is 47.9 Å². The summed E-state index contributed by atoms with van der Waals surface area (Å²) in [5, 5.41) is 17.8. The molecule has 0 saturated carbocycles. The number of carbonyl (C=O) groups excluding carboxylic acids is 6. The standard InChI is InChI=1S/C46H64N8O6/c1-11-27(4)30(7)48-44(58)38-23-36(25-53(38)29(6)13-3)50-42(56)34-20-17-21-35(22-34)43(57)51-37-24-39(45(59)49-31(8)33-18-15-14-16-19-33)54(26-37)46(60)40(28(5)12-2)52-41(55)32(9)47-10/h11,14-22,28,30-32,36-40,47H,1,4,6,12-13,23-26H2,2-3,5,7-10H3,(H,48,58)(H,49,59)(H,50,56)(H,51,57)(H,52,55)/t28-,30-,31-,32+,36+,37+,38+,39+,40+/m1/s1. The van der Waals surface area contributed by atoms with Gasteiger partial charge in [0.1, 0.15) is 18.1 Å². The first kappa shape index (κ1) is 46.9. The highest BCUT2D eigenvalue weighted by atomic mass is 16.2. The molecule has 324 valence electrons. The molecule has 0 aromatic heterocycles. The first-order valence-electron chi connectivity index (χ1n) is 20.9. The van der Waals surface area contributed by atoms with Crippen molar-refractivity contribution in [3.8, 4) is 0 Å². The zero-order valence-electron chi connectivity index (χ0n) is 36.2. The van der Waals surface area contributed by atoms with E-state index in [0.29, 0.717) is 31.4 Å². The summed E-state index contributed by atoms with van der Waals surface area (Å²) in [6.45, 7) is 23.4. The van der Waals surface area contributed by atoms with Gasteiger partial charge in [-0.15, -0.1) is 0 Å². The maximum absolute atomic E-state index is 14.4. The van der Waals surface area contributed by atoms with E-state index in [1.165, 1.54) is 11.0 Å². The lowest BCUT2D eigenvalue weighted by atomic mass is 9.97. The van der Waals surface area contributed by atoms with Gasteiger partial charge in [-0.25, -0.2) is 0 Å². The number of benzene rings is 2. The summed E-state index contributed by atoms with van der Waals surface area (Å²) in [6, 6.07) is 11.2. The van der Waals surface area contributed by atoms with Crippen molar-refractivity contribution in [3.05, 3.63) is 108 Å². The summed E-state index contributed by atoms with van der Waals surface area (Å²) in [5.74, 6) is -2.45. The van der Waals surface area contributed by atoms with Crippen LogP contribution in [0.25, 0.3) is 0 Å². The summed E-state index contributed by atoms with van der Waals surface area (Å²) in [7, 11) is 1.66. The second kappa shape index (κ2) is 21.5. The molecule has 2 saturated heterocycles. The van der Waals surface area contributed by atoms with Gasteiger partial charge in [0.2, 0.25) is 23.6 Å². The Bertz CT molecular complexity index is 1920. The molecule has 2 aromatic rings. The topological polar surface area (TPSA) is 181 Å². The van der Waals surface area contributed by atoms with Gasteiger partial charge in [-0.2, -0.15) is 0 Å². The molecular formula is C46H64N8O6. The third kappa shape index (κ3) is 11.7. The molecule has 0 radical (unpaired) electrons. The van der Waals surface area contributed by atoms with Crippen molar-refractivity contribution < 1.29 is 28.8 Å². The second-order valence-corrected chi connectivity index (χ2v) is 16.0. The largest absolute Gasteiger partial charge is 0.361 e. The molecule has 2 fully saturated rings. The van der Waals surface area contributed by atoms with E-state index in [0.717, 1.165) is 11.3 Å². The lowest BCUT2D eigenvalue weighted by Gasteiger charge is -2.32. The summed E-state index contributed by atoms with van der Waals surface area (Å²) in [5.41, 5.74) is 2.83. The van der Waals surface area contributed by atoms with E-state index in [-0.39, 0.29) is 65.9 Å². The van der Waals surface area contributed by atoms with Crippen LogP contribution < -0.4 is 31.9 Å². The van der Waals surface area contributed by atoms with Gasteiger partial charge in [-0.05, 0) is 82.3 Å². The number of nitrogens with zero attached hydrogens (tertiary/aromatic N) is 2. The highest BCUT2D eigenvalue weighted by molar-refractivity contribution is 6.00. The van der Waals surface area contributed by atoms with Gasteiger partial charge < -0.3 is 41.7 Å². The van der Waals surface area contributed by atoms with Crippen molar-refractivity contribution in [3.63, 3.8) is 0 Å². The van der Waals surface area contributed by atoms with Crippen LogP contribution in [0.5, 0.6) is 0 Å². The average Bonchev–Trinajstić information content (AvgIpc) is 3.89. The van der Waals surface area contributed by atoms with Crippen LogP contribution in [0.1, 0.15) is 99.5 Å². The summed E-state index contributed by atoms with van der Waals surface area (Å²) in [4.78, 5) is 85.5. The molecule has 0 unspecified atom stereocenters. The van der Waals surface area contributed by atoms with Crippen molar-refractivity contribution >= 4 is 35.4 Å². The van der Waals surface area contributed by atoms with Crippen LogP contribution >= 0.6 is 0 Å². The predicted molar refractivity (Wildman–Crippen MR) is 233 cm³/mol. The lowest BCUT2D eigenvalue weighted by molar-refractivity contribution is -0.143. The third-order valence-electron chi connectivity index (χ3n) is 11.8. The number of carbonyl (C=O) groups is 6. The van der Waals surface area contributed by atoms with Crippen LogP contribution in [0.15, 0.2) is 91.7 Å². The Hall–Kier alpha value is -5.76. The minimum atomic E-state index is -0.930. The van der Waals surface area contributed by atoms with Crippen molar-refractivity contribution in [2.24, 2.45) is 5.92 Å². The summed E-state index contributed by atoms with van der Waals surface area (Å²) in [6.07, 6.45) is 3.32. The first-order valence-corrected chi connectivity index (χ1v) is 20.9. The molecule has 2 aromatic carbocycles. The van der Waals surface area contributed by atoms with Crippen LogP contribution in [0.4, 0.5) is 0 Å². The minimum absolute atomic E-state index is 0.0311. The Morgan fingerprint density at radius 3 is 1.83 bits per heavy atom. The van der Waals surface area contributed by atoms with Gasteiger partial charge in [-0.1, -0.05) is 89.4 Å². The van der Waals surface area contributed by atoms with Gasteiger partial charge in [0.15, 0.2) is 0 Å². The molecule has 0 aliphatic carbocycles. The second-order valence-electron chi connectivity index (χ2n) is 16.0. The average molecular weight is 825 g/mol. The van der Waals surface area contributed by atoms with Crippen LogP contribution in [-0.2, 0) is 19.2 Å². The fourth-order valence-electron chi connectivity index (χ4n) is 7.50. The molecule has 6 amide bonds. The lowest BCUT2D eigenvalue weighted by Crippen LogP contribution is -2.57. The molecule has 6 N–H and O–H groups in total. The quantitative estimate of drug-likeness (QED) is 0.116. The van der Waals surface area contributed by atoms with Crippen molar-refractivity contribution in [1.29, 1.82) is 0 Å². The predicted octanol–water partition coefficient (Wildman–Crippen LogP) is 3.75. The van der Waals surface area contributed by atoms with E-state index >= 15 is 0 Å². The van der Waals surface area contributed by atoms with E-state index in [1.54, 1.807) is 38.2 Å². The van der Waals surface area contributed by atoms with E-state index in [9.17, 15) is 28.8 Å². The summed E-state index contributed by atoms with van der Waals surface area (Å²) >= 11 is 0. The number of rotatable bonds is 19.